The molecule has 0 amide bonds. The molecule has 0 aliphatic carbocycles. The van der Waals surface area contributed by atoms with Crippen LogP contribution in [-0.4, -0.2) is 67.1 Å². The highest BCUT2D eigenvalue weighted by atomic mass is 32.1. The predicted molar refractivity (Wildman–Crippen MR) is 112 cm³/mol. The van der Waals surface area contributed by atoms with E-state index in [1.54, 1.807) is 18.4 Å². The molecule has 0 bridgehead atoms. The SMILES string of the molecule is CN=C(NCCCN(C(C)C)C(C)C)N(C)Cc1csc(C(C)OC)n1. The number of aliphatic imine (C=N–C) groups is 1. The Kier molecular flexibility index (Phi) is 10.1. The number of methoxy groups -OCH3 is 1. The Hall–Kier alpha value is -1.18. The molecule has 0 fully saturated rings. The Morgan fingerprint density at radius 1 is 1.27 bits per heavy atom. The van der Waals surface area contributed by atoms with Crippen molar-refractivity contribution in [2.75, 3.05) is 34.3 Å². The third kappa shape index (κ3) is 7.21. The van der Waals surface area contributed by atoms with Gasteiger partial charge in [-0.2, -0.15) is 0 Å². The van der Waals surface area contributed by atoms with Crippen molar-refractivity contribution in [2.24, 2.45) is 4.99 Å². The van der Waals surface area contributed by atoms with E-state index in [1.165, 1.54) is 0 Å². The zero-order valence-corrected chi connectivity index (χ0v) is 18.6. The third-order valence-electron chi connectivity index (χ3n) is 4.45. The van der Waals surface area contributed by atoms with Crippen LogP contribution >= 0.6 is 11.3 Å². The van der Waals surface area contributed by atoms with E-state index in [-0.39, 0.29) is 6.10 Å². The fourth-order valence-electron chi connectivity index (χ4n) is 2.96. The maximum Gasteiger partial charge on any atom is 0.193 e. The first-order valence-corrected chi connectivity index (χ1v) is 10.3. The fourth-order valence-corrected chi connectivity index (χ4v) is 3.80. The van der Waals surface area contributed by atoms with Crippen molar-refractivity contribution >= 4 is 17.3 Å². The van der Waals surface area contributed by atoms with Gasteiger partial charge >= 0.3 is 0 Å². The van der Waals surface area contributed by atoms with E-state index < -0.39 is 0 Å². The molecular weight excluding hydrogens is 346 g/mol. The monoisotopic (exact) mass is 383 g/mol. The highest BCUT2D eigenvalue weighted by molar-refractivity contribution is 7.09. The highest BCUT2D eigenvalue weighted by Gasteiger charge is 2.14. The molecule has 6 nitrogen and oxygen atoms in total. The average Bonchev–Trinajstić information content (AvgIpc) is 3.04. The van der Waals surface area contributed by atoms with Crippen LogP contribution in [0.15, 0.2) is 10.4 Å². The molecule has 1 aromatic rings. The number of rotatable bonds is 10. The van der Waals surface area contributed by atoms with Crippen LogP contribution in [0.25, 0.3) is 0 Å². The van der Waals surface area contributed by atoms with Gasteiger partial charge in [-0.05, 0) is 41.0 Å². The van der Waals surface area contributed by atoms with Crippen LogP contribution in [0.4, 0.5) is 0 Å². The molecule has 26 heavy (non-hydrogen) atoms. The Labute approximate surface area is 163 Å². The van der Waals surface area contributed by atoms with Crippen LogP contribution < -0.4 is 5.32 Å². The van der Waals surface area contributed by atoms with Crippen molar-refractivity contribution < 1.29 is 4.74 Å². The maximum atomic E-state index is 5.34. The molecule has 0 spiro atoms. The first-order chi connectivity index (χ1) is 12.3. The average molecular weight is 384 g/mol. The minimum atomic E-state index is 0.0429. The van der Waals surface area contributed by atoms with Gasteiger partial charge in [0, 0.05) is 51.8 Å². The lowest BCUT2D eigenvalue weighted by molar-refractivity contribution is 0.119. The van der Waals surface area contributed by atoms with Gasteiger partial charge in [-0.1, -0.05) is 0 Å². The first kappa shape index (κ1) is 22.9. The molecule has 0 aliphatic heterocycles. The van der Waals surface area contributed by atoms with E-state index in [9.17, 15) is 0 Å². The first-order valence-electron chi connectivity index (χ1n) is 9.44. The smallest absolute Gasteiger partial charge is 0.193 e. The van der Waals surface area contributed by atoms with Crippen molar-refractivity contribution in [2.45, 2.75) is 65.8 Å². The Bertz CT molecular complexity index is 536. The molecule has 1 heterocycles. The number of hydrogen-bond acceptors (Lipinski definition) is 5. The van der Waals surface area contributed by atoms with Crippen LogP contribution in [0.5, 0.6) is 0 Å². The number of thiazole rings is 1. The van der Waals surface area contributed by atoms with Crippen molar-refractivity contribution in [3.63, 3.8) is 0 Å². The molecule has 7 heteroatoms. The molecular formula is C19H37N5OS. The Balaban J connectivity index is 2.47. The van der Waals surface area contributed by atoms with Crippen LogP contribution in [0.1, 0.15) is 57.8 Å². The summed E-state index contributed by atoms with van der Waals surface area (Å²) in [5.74, 6) is 0.903. The summed E-state index contributed by atoms with van der Waals surface area (Å²) in [4.78, 5) is 13.7. The van der Waals surface area contributed by atoms with Gasteiger partial charge in [0.15, 0.2) is 5.96 Å². The van der Waals surface area contributed by atoms with E-state index in [0.29, 0.717) is 12.1 Å². The van der Waals surface area contributed by atoms with Gasteiger partial charge in [0.05, 0.1) is 12.2 Å². The third-order valence-corrected chi connectivity index (χ3v) is 5.50. The lowest BCUT2D eigenvalue weighted by atomic mass is 10.2. The van der Waals surface area contributed by atoms with Gasteiger partial charge < -0.3 is 15.0 Å². The standard InChI is InChI=1S/C19H37N5OS/c1-14(2)24(15(3)4)11-9-10-21-19(20-6)23(7)12-17-13-26-18(22-17)16(5)25-8/h13-16H,9-12H2,1-8H3,(H,20,21). The van der Waals surface area contributed by atoms with Gasteiger partial charge in [0.1, 0.15) is 11.1 Å². The topological polar surface area (TPSA) is 53.0 Å². The number of nitrogens with zero attached hydrogens (tertiary/aromatic N) is 4. The second kappa shape index (κ2) is 11.5. The normalized spacial score (nSPS) is 13.7. The van der Waals surface area contributed by atoms with Gasteiger partial charge in [-0.15, -0.1) is 11.3 Å². The molecule has 1 rings (SSSR count). The summed E-state index contributed by atoms with van der Waals surface area (Å²) in [7, 11) is 5.58. The summed E-state index contributed by atoms with van der Waals surface area (Å²) in [6.07, 6.45) is 1.14. The summed E-state index contributed by atoms with van der Waals surface area (Å²) in [5, 5.41) is 6.57. The van der Waals surface area contributed by atoms with E-state index in [1.807, 2.05) is 21.0 Å². The van der Waals surface area contributed by atoms with Crippen molar-refractivity contribution in [3.8, 4) is 0 Å². The molecule has 150 valence electrons. The number of nitrogens with one attached hydrogen (secondary N) is 1. The quantitative estimate of drug-likeness (QED) is 0.381. The zero-order valence-electron chi connectivity index (χ0n) is 17.7. The summed E-state index contributed by atoms with van der Waals surface area (Å²) in [6, 6.07) is 1.15. The van der Waals surface area contributed by atoms with Crippen LogP contribution in [0, 0.1) is 0 Å². The second-order valence-electron chi connectivity index (χ2n) is 7.16. The highest BCUT2D eigenvalue weighted by Crippen LogP contribution is 2.20. The lowest BCUT2D eigenvalue weighted by Gasteiger charge is -2.30. The van der Waals surface area contributed by atoms with Crippen LogP contribution in [-0.2, 0) is 11.3 Å². The lowest BCUT2D eigenvalue weighted by Crippen LogP contribution is -2.41. The molecule has 1 N–H and O–H groups in total. The number of aromatic nitrogens is 1. The van der Waals surface area contributed by atoms with Gasteiger partial charge in [-0.25, -0.2) is 4.98 Å². The molecule has 1 atom stereocenters. The van der Waals surface area contributed by atoms with E-state index in [0.717, 1.165) is 42.7 Å². The summed E-state index contributed by atoms with van der Waals surface area (Å²) >= 11 is 1.64. The minimum absolute atomic E-state index is 0.0429. The van der Waals surface area contributed by atoms with Gasteiger partial charge in [0.25, 0.3) is 0 Å². The van der Waals surface area contributed by atoms with Crippen molar-refractivity contribution in [1.29, 1.82) is 0 Å². The van der Waals surface area contributed by atoms with E-state index >= 15 is 0 Å². The summed E-state index contributed by atoms with van der Waals surface area (Å²) in [5.41, 5.74) is 1.05. The predicted octanol–water partition coefficient (Wildman–Crippen LogP) is 3.37. The molecule has 1 unspecified atom stereocenters. The molecule has 0 aromatic carbocycles. The van der Waals surface area contributed by atoms with Gasteiger partial charge in [-0.3, -0.25) is 9.89 Å². The second-order valence-corrected chi connectivity index (χ2v) is 8.05. The largest absolute Gasteiger partial charge is 0.375 e. The Morgan fingerprint density at radius 2 is 1.92 bits per heavy atom. The summed E-state index contributed by atoms with van der Waals surface area (Å²) in [6.45, 7) is 13.8. The van der Waals surface area contributed by atoms with Crippen molar-refractivity contribution in [3.05, 3.63) is 16.1 Å². The summed E-state index contributed by atoms with van der Waals surface area (Å²) < 4.78 is 5.34. The van der Waals surface area contributed by atoms with Gasteiger partial charge in [0.2, 0.25) is 0 Å². The zero-order chi connectivity index (χ0) is 19.7. The number of guanidine groups is 1. The molecule has 0 saturated carbocycles. The fraction of sp³-hybridized carbons (Fsp3) is 0.789. The molecule has 0 saturated heterocycles. The van der Waals surface area contributed by atoms with Crippen LogP contribution in [0.2, 0.25) is 0 Å². The van der Waals surface area contributed by atoms with E-state index in [2.05, 4.69) is 58.2 Å². The Morgan fingerprint density at radius 3 is 2.46 bits per heavy atom. The van der Waals surface area contributed by atoms with Crippen molar-refractivity contribution in [1.82, 2.24) is 20.1 Å². The van der Waals surface area contributed by atoms with Crippen LogP contribution in [0.3, 0.4) is 0 Å². The maximum absolute atomic E-state index is 5.34. The van der Waals surface area contributed by atoms with E-state index in [4.69, 9.17) is 4.74 Å². The molecule has 1 aromatic heterocycles. The number of ether oxygens (including phenoxy) is 1. The minimum Gasteiger partial charge on any atom is -0.375 e. The molecule has 0 radical (unpaired) electrons. The number of hydrogen-bond donors (Lipinski definition) is 1. The molecule has 0 aliphatic rings.